The Morgan fingerprint density at radius 2 is 1.71 bits per heavy atom. The molecular formula is C16H23N3O2. The second kappa shape index (κ2) is 7.67. The quantitative estimate of drug-likeness (QED) is 0.888. The molecule has 5 heteroatoms. The molecule has 0 spiro atoms. The number of amides is 3. The first-order valence-corrected chi connectivity index (χ1v) is 7.50. The van der Waals surface area contributed by atoms with Crippen LogP contribution in [0, 0.1) is 6.92 Å². The van der Waals surface area contributed by atoms with Gasteiger partial charge in [0.1, 0.15) is 0 Å². The predicted octanol–water partition coefficient (Wildman–Crippen LogP) is 1.81. The fourth-order valence-corrected chi connectivity index (χ4v) is 2.36. The fourth-order valence-electron chi connectivity index (χ4n) is 2.36. The monoisotopic (exact) mass is 289 g/mol. The van der Waals surface area contributed by atoms with Crippen molar-refractivity contribution in [2.75, 3.05) is 19.6 Å². The standard InChI is InChI=1S/C16H23N3O2/c1-13-5-7-14(8-6-13)11-17-16(21)18-12-15(20)19-9-3-2-4-10-19/h5-8H,2-4,9-12H2,1H3,(H2,17,18,21). The molecule has 0 aliphatic carbocycles. The number of carbonyl (C=O) groups excluding carboxylic acids is 2. The number of nitrogens with zero attached hydrogens (tertiary/aromatic N) is 1. The van der Waals surface area contributed by atoms with Gasteiger partial charge in [-0.3, -0.25) is 4.79 Å². The van der Waals surface area contributed by atoms with Crippen molar-refractivity contribution < 1.29 is 9.59 Å². The minimum atomic E-state index is -0.305. The average molecular weight is 289 g/mol. The molecule has 3 amide bonds. The Morgan fingerprint density at radius 1 is 1.05 bits per heavy atom. The number of hydrogen-bond acceptors (Lipinski definition) is 2. The van der Waals surface area contributed by atoms with Crippen molar-refractivity contribution >= 4 is 11.9 Å². The van der Waals surface area contributed by atoms with Crippen molar-refractivity contribution in [3.63, 3.8) is 0 Å². The zero-order valence-corrected chi connectivity index (χ0v) is 12.5. The molecule has 2 rings (SSSR count). The van der Waals surface area contributed by atoms with Gasteiger partial charge in [0.2, 0.25) is 5.91 Å². The van der Waals surface area contributed by atoms with Crippen molar-refractivity contribution in [3.8, 4) is 0 Å². The van der Waals surface area contributed by atoms with Gasteiger partial charge in [-0.2, -0.15) is 0 Å². The van der Waals surface area contributed by atoms with Gasteiger partial charge in [0.25, 0.3) is 0 Å². The zero-order chi connectivity index (χ0) is 15.1. The summed E-state index contributed by atoms with van der Waals surface area (Å²) in [5, 5.41) is 5.38. The van der Waals surface area contributed by atoms with Crippen LogP contribution in [-0.2, 0) is 11.3 Å². The Balaban J connectivity index is 1.67. The third-order valence-corrected chi connectivity index (χ3v) is 3.68. The highest BCUT2D eigenvalue weighted by atomic mass is 16.2. The van der Waals surface area contributed by atoms with E-state index >= 15 is 0 Å². The van der Waals surface area contributed by atoms with Gasteiger partial charge in [-0.05, 0) is 31.7 Å². The molecule has 0 bridgehead atoms. The summed E-state index contributed by atoms with van der Waals surface area (Å²) in [4.78, 5) is 25.4. The lowest BCUT2D eigenvalue weighted by Crippen LogP contribution is -2.45. The molecule has 0 saturated carbocycles. The molecule has 0 radical (unpaired) electrons. The second-order valence-corrected chi connectivity index (χ2v) is 5.46. The number of urea groups is 1. The minimum absolute atomic E-state index is 0.000172. The van der Waals surface area contributed by atoms with Gasteiger partial charge in [-0.15, -0.1) is 0 Å². The Morgan fingerprint density at radius 3 is 2.38 bits per heavy atom. The Labute approximate surface area is 125 Å². The summed E-state index contributed by atoms with van der Waals surface area (Å²) in [6.45, 7) is 4.18. The maximum Gasteiger partial charge on any atom is 0.315 e. The first-order chi connectivity index (χ1) is 10.1. The molecular weight excluding hydrogens is 266 g/mol. The number of rotatable bonds is 4. The topological polar surface area (TPSA) is 61.4 Å². The van der Waals surface area contributed by atoms with Crippen LogP contribution in [0.25, 0.3) is 0 Å². The summed E-state index contributed by atoms with van der Waals surface area (Å²) >= 11 is 0. The molecule has 1 aliphatic heterocycles. The van der Waals surface area contributed by atoms with Crippen molar-refractivity contribution in [2.45, 2.75) is 32.7 Å². The van der Waals surface area contributed by atoms with Crippen LogP contribution in [0.2, 0.25) is 0 Å². The molecule has 1 fully saturated rings. The summed E-state index contributed by atoms with van der Waals surface area (Å²) < 4.78 is 0. The molecule has 0 atom stereocenters. The van der Waals surface area contributed by atoms with E-state index in [0.717, 1.165) is 31.5 Å². The van der Waals surface area contributed by atoms with E-state index in [1.807, 2.05) is 36.1 Å². The first kappa shape index (κ1) is 15.4. The number of likely N-dealkylation sites (tertiary alicyclic amines) is 1. The highest BCUT2D eigenvalue weighted by Gasteiger charge is 2.16. The van der Waals surface area contributed by atoms with Crippen LogP contribution >= 0.6 is 0 Å². The molecule has 0 aromatic heterocycles. The van der Waals surface area contributed by atoms with Crippen molar-refractivity contribution in [2.24, 2.45) is 0 Å². The van der Waals surface area contributed by atoms with Crippen molar-refractivity contribution in [1.82, 2.24) is 15.5 Å². The van der Waals surface area contributed by atoms with E-state index in [1.165, 1.54) is 12.0 Å². The van der Waals surface area contributed by atoms with Crippen LogP contribution in [0.3, 0.4) is 0 Å². The van der Waals surface area contributed by atoms with Gasteiger partial charge in [0.05, 0.1) is 6.54 Å². The molecule has 1 heterocycles. The molecule has 0 unspecified atom stereocenters. The van der Waals surface area contributed by atoms with Crippen molar-refractivity contribution in [1.29, 1.82) is 0 Å². The van der Waals surface area contributed by atoms with Crippen LogP contribution in [0.1, 0.15) is 30.4 Å². The Bertz CT molecular complexity index is 479. The zero-order valence-electron chi connectivity index (χ0n) is 12.5. The Kier molecular flexibility index (Phi) is 5.60. The maximum atomic E-state index is 11.9. The first-order valence-electron chi connectivity index (χ1n) is 7.50. The third kappa shape index (κ3) is 5.10. The number of carbonyl (C=O) groups is 2. The van der Waals surface area contributed by atoms with E-state index in [-0.39, 0.29) is 18.5 Å². The summed E-state index contributed by atoms with van der Waals surface area (Å²) in [6, 6.07) is 7.67. The largest absolute Gasteiger partial charge is 0.341 e. The van der Waals surface area contributed by atoms with Gasteiger partial charge in [0.15, 0.2) is 0 Å². The van der Waals surface area contributed by atoms with Gasteiger partial charge in [0, 0.05) is 19.6 Å². The number of hydrogen-bond donors (Lipinski definition) is 2. The van der Waals surface area contributed by atoms with Gasteiger partial charge >= 0.3 is 6.03 Å². The summed E-state index contributed by atoms with van der Waals surface area (Å²) in [5.41, 5.74) is 2.23. The molecule has 2 N–H and O–H groups in total. The maximum absolute atomic E-state index is 11.9. The van der Waals surface area contributed by atoms with E-state index in [2.05, 4.69) is 10.6 Å². The van der Waals surface area contributed by atoms with Crippen molar-refractivity contribution in [3.05, 3.63) is 35.4 Å². The van der Waals surface area contributed by atoms with E-state index in [1.54, 1.807) is 0 Å². The molecule has 1 aromatic rings. The Hall–Kier alpha value is -2.04. The highest BCUT2D eigenvalue weighted by molar-refractivity contribution is 5.84. The lowest BCUT2D eigenvalue weighted by Gasteiger charge is -2.26. The molecule has 1 saturated heterocycles. The van der Waals surface area contributed by atoms with Gasteiger partial charge in [-0.25, -0.2) is 4.79 Å². The van der Waals surface area contributed by atoms with Crippen LogP contribution in [0.15, 0.2) is 24.3 Å². The van der Waals surface area contributed by atoms with E-state index in [4.69, 9.17) is 0 Å². The SMILES string of the molecule is Cc1ccc(CNC(=O)NCC(=O)N2CCCCC2)cc1. The number of aryl methyl sites for hydroxylation is 1. The van der Waals surface area contributed by atoms with E-state index in [9.17, 15) is 9.59 Å². The smallest absolute Gasteiger partial charge is 0.315 e. The van der Waals surface area contributed by atoms with Crippen LogP contribution < -0.4 is 10.6 Å². The molecule has 1 aliphatic rings. The number of nitrogens with one attached hydrogen (secondary N) is 2. The minimum Gasteiger partial charge on any atom is -0.341 e. The summed E-state index contributed by atoms with van der Waals surface area (Å²) in [5.74, 6) is 0.000172. The fraction of sp³-hybridized carbons (Fsp3) is 0.500. The van der Waals surface area contributed by atoms with Crippen LogP contribution in [0.4, 0.5) is 4.79 Å². The average Bonchev–Trinajstić information content (AvgIpc) is 2.53. The third-order valence-electron chi connectivity index (χ3n) is 3.68. The van der Waals surface area contributed by atoms with Crippen LogP contribution in [-0.4, -0.2) is 36.5 Å². The summed E-state index contributed by atoms with van der Waals surface area (Å²) in [6.07, 6.45) is 3.31. The number of benzene rings is 1. The number of piperidine rings is 1. The normalized spacial score (nSPS) is 14.6. The lowest BCUT2D eigenvalue weighted by molar-refractivity contribution is -0.130. The predicted molar refractivity (Wildman–Crippen MR) is 81.8 cm³/mol. The van der Waals surface area contributed by atoms with Crippen LogP contribution in [0.5, 0.6) is 0 Å². The van der Waals surface area contributed by atoms with E-state index < -0.39 is 0 Å². The second-order valence-electron chi connectivity index (χ2n) is 5.46. The highest BCUT2D eigenvalue weighted by Crippen LogP contribution is 2.08. The van der Waals surface area contributed by atoms with Gasteiger partial charge < -0.3 is 15.5 Å². The molecule has 114 valence electrons. The van der Waals surface area contributed by atoms with Gasteiger partial charge in [-0.1, -0.05) is 29.8 Å². The molecule has 1 aromatic carbocycles. The molecule has 5 nitrogen and oxygen atoms in total. The molecule has 21 heavy (non-hydrogen) atoms. The lowest BCUT2D eigenvalue weighted by atomic mass is 10.1. The van der Waals surface area contributed by atoms with E-state index in [0.29, 0.717) is 6.54 Å². The summed E-state index contributed by atoms with van der Waals surface area (Å²) in [7, 11) is 0.